The fraction of sp³-hybridized carbons (Fsp3) is 0.200. The van der Waals surface area contributed by atoms with Gasteiger partial charge in [-0.1, -0.05) is 6.07 Å². The maximum absolute atomic E-state index is 11.3. The zero-order chi connectivity index (χ0) is 10.6. The van der Waals surface area contributed by atoms with Crippen LogP contribution in [0, 0.1) is 0 Å². The van der Waals surface area contributed by atoms with Crippen LogP contribution in [0.15, 0.2) is 24.3 Å². The second kappa shape index (κ2) is 4.41. The van der Waals surface area contributed by atoms with Crippen LogP contribution in [0.25, 0.3) is 0 Å². The summed E-state index contributed by atoms with van der Waals surface area (Å²) < 4.78 is 0. The van der Waals surface area contributed by atoms with Crippen LogP contribution >= 0.6 is 0 Å². The molecule has 4 nitrogen and oxygen atoms in total. The highest BCUT2D eigenvalue weighted by Crippen LogP contribution is 2.04. The van der Waals surface area contributed by atoms with E-state index >= 15 is 0 Å². The van der Waals surface area contributed by atoms with Gasteiger partial charge in [-0.15, -0.1) is 0 Å². The van der Waals surface area contributed by atoms with E-state index in [1.54, 1.807) is 19.1 Å². The minimum Gasteiger partial charge on any atom is -0.478 e. The molecule has 0 aliphatic heterocycles. The van der Waals surface area contributed by atoms with Crippen molar-refractivity contribution in [3.8, 4) is 0 Å². The van der Waals surface area contributed by atoms with Gasteiger partial charge in [-0.25, -0.2) is 4.79 Å². The molecule has 0 fully saturated rings. The molecule has 1 aromatic carbocycles. The topological polar surface area (TPSA) is 66.4 Å². The largest absolute Gasteiger partial charge is 0.478 e. The molecular formula is C10H11NO3. The molecule has 14 heavy (non-hydrogen) atoms. The summed E-state index contributed by atoms with van der Waals surface area (Å²) in [4.78, 5) is 21.9. The van der Waals surface area contributed by atoms with E-state index in [4.69, 9.17) is 5.11 Å². The Hall–Kier alpha value is -1.84. The highest BCUT2D eigenvalue weighted by Gasteiger charge is 2.07. The Balaban J connectivity index is 2.93. The van der Waals surface area contributed by atoms with Gasteiger partial charge in [0, 0.05) is 12.1 Å². The van der Waals surface area contributed by atoms with Crippen molar-refractivity contribution in [1.29, 1.82) is 0 Å². The lowest BCUT2D eigenvalue weighted by molar-refractivity contribution is 0.0697. The molecule has 0 aliphatic carbocycles. The van der Waals surface area contributed by atoms with Gasteiger partial charge < -0.3 is 10.4 Å². The van der Waals surface area contributed by atoms with E-state index in [1.807, 2.05) is 0 Å². The van der Waals surface area contributed by atoms with Gasteiger partial charge in [0.25, 0.3) is 5.91 Å². The number of carbonyl (C=O) groups is 2. The van der Waals surface area contributed by atoms with Crippen LogP contribution in [0.4, 0.5) is 0 Å². The minimum atomic E-state index is -1.03. The van der Waals surface area contributed by atoms with Crippen LogP contribution in [0.1, 0.15) is 27.6 Å². The van der Waals surface area contributed by atoms with Crippen molar-refractivity contribution >= 4 is 11.9 Å². The number of hydrogen-bond acceptors (Lipinski definition) is 2. The van der Waals surface area contributed by atoms with E-state index in [9.17, 15) is 9.59 Å². The lowest BCUT2D eigenvalue weighted by Crippen LogP contribution is -2.22. The average molecular weight is 196 g/mol. The molecule has 0 aliphatic rings. The third kappa shape index (κ3) is 2.32. The Morgan fingerprint density at radius 3 is 2.57 bits per heavy atom. The van der Waals surface area contributed by atoms with Gasteiger partial charge in [-0.3, -0.25) is 4.79 Å². The van der Waals surface area contributed by atoms with Crippen molar-refractivity contribution in [2.75, 3.05) is 6.54 Å². The molecule has 0 aromatic heterocycles. The van der Waals surface area contributed by atoms with Crippen molar-refractivity contribution in [3.63, 3.8) is 0 Å². The molecule has 1 amide bonds. The normalized spacial score (nSPS) is 9.50. The zero-order valence-electron chi connectivity index (χ0n) is 7.78. The predicted octanol–water partition coefficient (Wildman–Crippen LogP) is 1.13. The molecule has 74 valence electrons. The van der Waals surface area contributed by atoms with E-state index in [0.717, 1.165) is 0 Å². The molecule has 0 saturated heterocycles. The smallest absolute Gasteiger partial charge is 0.335 e. The van der Waals surface area contributed by atoms with Crippen LogP contribution in [0.2, 0.25) is 0 Å². The van der Waals surface area contributed by atoms with Gasteiger partial charge in [0.2, 0.25) is 0 Å². The van der Waals surface area contributed by atoms with Crippen LogP contribution < -0.4 is 5.32 Å². The van der Waals surface area contributed by atoms with E-state index in [0.29, 0.717) is 12.1 Å². The van der Waals surface area contributed by atoms with Crippen LogP contribution in [-0.4, -0.2) is 23.5 Å². The number of carbonyl (C=O) groups excluding carboxylic acids is 1. The molecule has 1 rings (SSSR count). The molecule has 0 unspecified atom stereocenters. The molecule has 4 heteroatoms. The number of carboxylic acid groups (broad SMARTS) is 1. The first-order valence-corrected chi connectivity index (χ1v) is 4.26. The Labute approximate surface area is 81.6 Å². The molecule has 0 radical (unpaired) electrons. The molecule has 2 N–H and O–H groups in total. The molecular weight excluding hydrogens is 185 g/mol. The molecule has 0 saturated carbocycles. The quantitative estimate of drug-likeness (QED) is 0.562. The molecule has 0 atom stereocenters. The lowest BCUT2D eigenvalue weighted by Gasteiger charge is -2.02. The predicted molar refractivity (Wildman–Crippen MR) is 51.4 cm³/mol. The number of amides is 1. The molecule has 0 heterocycles. The maximum atomic E-state index is 11.3. The Bertz CT molecular complexity index is 360. The standard InChI is InChI=1S/C10H11NO3/c1-2-11-9(12)7-4-3-5-8(6-7)10(13)14/h3-6H,2H2,1H3,(H,11,12)(H,13,14)/i1+1,2+1,11+1. The average Bonchev–Trinajstić information content (AvgIpc) is 2.18. The monoisotopic (exact) mass is 196 g/mol. The van der Waals surface area contributed by atoms with Crippen LogP contribution in [0.3, 0.4) is 0 Å². The highest BCUT2D eigenvalue weighted by atomic mass is 16.4. The van der Waals surface area contributed by atoms with E-state index in [2.05, 4.69) is 5.32 Å². The first-order chi connectivity index (χ1) is 6.65. The highest BCUT2D eigenvalue weighted by molar-refractivity contribution is 5.97. The van der Waals surface area contributed by atoms with Gasteiger partial charge >= 0.3 is 5.97 Å². The van der Waals surface area contributed by atoms with Crippen molar-refractivity contribution in [2.24, 2.45) is 0 Å². The fourth-order valence-electron chi connectivity index (χ4n) is 1.06. The summed E-state index contributed by atoms with van der Waals surface area (Å²) in [5.74, 6) is -1.29. The summed E-state index contributed by atoms with van der Waals surface area (Å²) in [6, 6.07) is 5.93. The summed E-state index contributed by atoms with van der Waals surface area (Å²) in [6.45, 7) is 2.33. The fourth-order valence-corrected chi connectivity index (χ4v) is 1.06. The summed E-state index contributed by atoms with van der Waals surface area (Å²) in [5, 5.41) is 11.3. The summed E-state index contributed by atoms with van der Waals surface area (Å²) in [6.07, 6.45) is 0. The number of benzene rings is 1. The first-order valence-electron chi connectivity index (χ1n) is 4.26. The van der Waals surface area contributed by atoms with Gasteiger partial charge in [0.15, 0.2) is 0 Å². The SMILES string of the molecule is [13CH3][13CH2][15NH]C(=O)c1cccc(C(=O)O)c1. The van der Waals surface area contributed by atoms with Crippen molar-refractivity contribution in [2.45, 2.75) is 6.92 Å². The summed E-state index contributed by atoms with van der Waals surface area (Å²) in [5.41, 5.74) is 0.487. The van der Waals surface area contributed by atoms with Crippen LogP contribution in [0.5, 0.6) is 0 Å². The number of rotatable bonds is 3. The van der Waals surface area contributed by atoms with E-state index in [-0.39, 0.29) is 11.5 Å². The third-order valence-electron chi connectivity index (χ3n) is 1.71. The number of hydrogen-bond donors (Lipinski definition) is 2. The maximum Gasteiger partial charge on any atom is 0.335 e. The van der Waals surface area contributed by atoms with Gasteiger partial charge in [-0.2, -0.15) is 0 Å². The number of nitrogens with one attached hydrogen (secondary N) is 1. The Morgan fingerprint density at radius 2 is 2.00 bits per heavy atom. The molecule has 0 bridgehead atoms. The van der Waals surface area contributed by atoms with E-state index < -0.39 is 5.97 Å². The van der Waals surface area contributed by atoms with Gasteiger partial charge in [0.1, 0.15) is 0 Å². The second-order valence-electron chi connectivity index (χ2n) is 2.75. The second-order valence-corrected chi connectivity index (χ2v) is 2.75. The van der Waals surface area contributed by atoms with Crippen molar-refractivity contribution in [3.05, 3.63) is 35.4 Å². The van der Waals surface area contributed by atoms with E-state index in [1.165, 1.54) is 12.1 Å². The minimum absolute atomic E-state index is 0.119. The lowest BCUT2D eigenvalue weighted by atomic mass is 10.1. The van der Waals surface area contributed by atoms with Crippen molar-refractivity contribution < 1.29 is 14.7 Å². The first kappa shape index (κ1) is 10.2. The molecule has 1 aromatic rings. The molecule has 0 spiro atoms. The third-order valence-corrected chi connectivity index (χ3v) is 1.71. The Kier molecular flexibility index (Phi) is 3.23. The van der Waals surface area contributed by atoms with Crippen molar-refractivity contribution in [1.82, 2.24) is 5.32 Å². The zero-order valence-corrected chi connectivity index (χ0v) is 7.78. The summed E-state index contributed by atoms with van der Waals surface area (Å²) >= 11 is 0. The van der Waals surface area contributed by atoms with Gasteiger partial charge in [0.05, 0.1) is 5.56 Å². The number of aromatic carboxylic acids is 1. The Morgan fingerprint density at radius 1 is 1.36 bits per heavy atom. The summed E-state index contributed by atoms with van der Waals surface area (Å²) in [7, 11) is 0. The number of carboxylic acids is 1. The van der Waals surface area contributed by atoms with Gasteiger partial charge in [-0.05, 0) is 25.1 Å². The van der Waals surface area contributed by atoms with Crippen LogP contribution in [-0.2, 0) is 0 Å².